The molecule has 0 spiro atoms. The predicted octanol–water partition coefficient (Wildman–Crippen LogP) is 2.96. The highest BCUT2D eigenvalue weighted by atomic mass is 19.3. The second-order valence-electron chi connectivity index (χ2n) is 6.42. The monoisotopic (exact) mass is 313 g/mol. The number of hydrogen-bond donors (Lipinski definition) is 1. The van der Waals surface area contributed by atoms with Crippen LogP contribution in [0.2, 0.25) is 0 Å². The number of nitrogens with zero attached hydrogens (tertiary/aromatic N) is 1. The van der Waals surface area contributed by atoms with Crippen molar-refractivity contribution in [2.75, 3.05) is 13.1 Å². The SMILES string of the molecule is CC1(C)Oc2ccc(OC(F)F)cc2[C@H](N2CCCC2)[C@H]1O. The van der Waals surface area contributed by atoms with Gasteiger partial charge in [-0.1, -0.05) is 0 Å². The summed E-state index contributed by atoms with van der Waals surface area (Å²) in [5.41, 5.74) is -0.0161. The lowest BCUT2D eigenvalue weighted by Gasteiger charge is -2.45. The minimum atomic E-state index is -2.87. The fourth-order valence-corrected chi connectivity index (χ4v) is 3.34. The summed E-state index contributed by atoms with van der Waals surface area (Å²) in [6.45, 7) is 2.59. The van der Waals surface area contributed by atoms with Gasteiger partial charge in [0.1, 0.15) is 23.2 Å². The van der Waals surface area contributed by atoms with Crippen molar-refractivity contribution >= 4 is 0 Å². The number of aliphatic hydroxyl groups is 1. The average molecular weight is 313 g/mol. The number of fused-ring (bicyclic) bond motifs is 1. The molecule has 1 N–H and O–H groups in total. The van der Waals surface area contributed by atoms with Gasteiger partial charge in [0.05, 0.1) is 6.04 Å². The number of aliphatic hydroxyl groups excluding tert-OH is 1. The molecule has 0 amide bonds. The van der Waals surface area contributed by atoms with E-state index in [1.165, 1.54) is 6.07 Å². The van der Waals surface area contributed by atoms with E-state index < -0.39 is 18.3 Å². The van der Waals surface area contributed by atoms with Crippen LogP contribution in [0, 0.1) is 0 Å². The van der Waals surface area contributed by atoms with Crippen LogP contribution in [0.1, 0.15) is 38.3 Å². The summed E-state index contributed by atoms with van der Waals surface area (Å²) in [6, 6.07) is 4.41. The molecular formula is C16H21F2NO3. The van der Waals surface area contributed by atoms with E-state index in [4.69, 9.17) is 4.74 Å². The number of ether oxygens (including phenoxy) is 2. The van der Waals surface area contributed by atoms with Gasteiger partial charge in [0.25, 0.3) is 0 Å². The molecule has 1 fully saturated rings. The fourth-order valence-electron chi connectivity index (χ4n) is 3.34. The molecule has 22 heavy (non-hydrogen) atoms. The maximum Gasteiger partial charge on any atom is 0.387 e. The van der Waals surface area contributed by atoms with E-state index >= 15 is 0 Å². The molecular weight excluding hydrogens is 292 g/mol. The largest absolute Gasteiger partial charge is 0.485 e. The van der Waals surface area contributed by atoms with Gasteiger partial charge in [0.15, 0.2) is 0 Å². The molecule has 0 radical (unpaired) electrons. The van der Waals surface area contributed by atoms with E-state index in [1.54, 1.807) is 12.1 Å². The molecule has 6 heteroatoms. The van der Waals surface area contributed by atoms with Gasteiger partial charge in [0.2, 0.25) is 0 Å². The van der Waals surface area contributed by atoms with Crippen LogP contribution in [-0.2, 0) is 0 Å². The lowest BCUT2D eigenvalue weighted by molar-refractivity contribution is -0.0901. The third kappa shape index (κ3) is 2.77. The van der Waals surface area contributed by atoms with Crippen molar-refractivity contribution in [2.45, 2.75) is 51.0 Å². The predicted molar refractivity (Wildman–Crippen MR) is 77.3 cm³/mol. The summed E-state index contributed by atoms with van der Waals surface area (Å²) in [4.78, 5) is 2.19. The Balaban J connectivity index is 2.00. The Kier molecular flexibility index (Phi) is 3.99. The van der Waals surface area contributed by atoms with Gasteiger partial charge in [0, 0.05) is 5.56 Å². The first-order valence-electron chi connectivity index (χ1n) is 7.58. The Bertz CT molecular complexity index is 544. The second-order valence-corrected chi connectivity index (χ2v) is 6.42. The van der Waals surface area contributed by atoms with Gasteiger partial charge in [-0.2, -0.15) is 8.78 Å². The van der Waals surface area contributed by atoms with E-state index in [0.717, 1.165) is 25.9 Å². The summed E-state index contributed by atoms with van der Waals surface area (Å²) in [6.07, 6.45) is 1.42. The summed E-state index contributed by atoms with van der Waals surface area (Å²) >= 11 is 0. The third-order valence-corrected chi connectivity index (χ3v) is 4.44. The Labute approximate surface area is 128 Å². The Morgan fingerprint density at radius 2 is 2.00 bits per heavy atom. The highest BCUT2D eigenvalue weighted by molar-refractivity contribution is 5.45. The number of halogens is 2. The standard InChI is InChI=1S/C16H21F2NO3/c1-16(2)14(20)13(19-7-3-4-8-19)11-9-10(21-15(17)18)5-6-12(11)22-16/h5-6,9,13-15,20H,3-4,7-8H2,1-2H3/t13-,14+/m0/s1. The molecule has 2 aliphatic rings. The summed E-state index contributed by atoms with van der Waals surface area (Å²) in [7, 11) is 0. The lowest BCUT2D eigenvalue weighted by atomic mass is 9.85. The first-order valence-corrected chi connectivity index (χ1v) is 7.58. The number of likely N-dealkylation sites (tertiary alicyclic amines) is 1. The van der Waals surface area contributed by atoms with Crippen molar-refractivity contribution < 1.29 is 23.4 Å². The van der Waals surface area contributed by atoms with E-state index in [0.29, 0.717) is 11.3 Å². The van der Waals surface area contributed by atoms with Gasteiger partial charge < -0.3 is 14.6 Å². The normalized spacial score (nSPS) is 27.5. The zero-order valence-electron chi connectivity index (χ0n) is 12.8. The fraction of sp³-hybridized carbons (Fsp3) is 0.625. The minimum absolute atomic E-state index is 0.0912. The van der Waals surface area contributed by atoms with Gasteiger partial charge >= 0.3 is 6.61 Å². The molecule has 1 aromatic carbocycles. The molecule has 122 valence electrons. The molecule has 0 aromatic heterocycles. The first kappa shape index (κ1) is 15.5. The molecule has 3 rings (SSSR count). The molecule has 1 aromatic rings. The molecule has 1 saturated heterocycles. The van der Waals surface area contributed by atoms with E-state index in [1.807, 2.05) is 13.8 Å². The van der Waals surface area contributed by atoms with Crippen LogP contribution < -0.4 is 9.47 Å². The van der Waals surface area contributed by atoms with Crippen LogP contribution in [0.4, 0.5) is 8.78 Å². The molecule has 2 atom stereocenters. The molecule has 2 aliphatic heterocycles. The summed E-state index contributed by atoms with van der Waals surface area (Å²) in [5.74, 6) is 0.710. The van der Waals surface area contributed by atoms with Crippen molar-refractivity contribution in [2.24, 2.45) is 0 Å². The number of alkyl halides is 2. The third-order valence-electron chi connectivity index (χ3n) is 4.44. The quantitative estimate of drug-likeness (QED) is 0.931. The number of rotatable bonds is 3. The molecule has 0 saturated carbocycles. The van der Waals surface area contributed by atoms with Crippen LogP contribution >= 0.6 is 0 Å². The second kappa shape index (κ2) is 5.66. The summed E-state index contributed by atoms with van der Waals surface area (Å²) < 4.78 is 35.2. The maximum absolute atomic E-state index is 12.4. The summed E-state index contributed by atoms with van der Waals surface area (Å²) in [5, 5.41) is 10.7. The van der Waals surface area contributed by atoms with Gasteiger partial charge in [-0.3, -0.25) is 4.90 Å². The lowest BCUT2D eigenvalue weighted by Crippen LogP contribution is -2.53. The molecule has 0 bridgehead atoms. The van der Waals surface area contributed by atoms with Crippen molar-refractivity contribution in [3.05, 3.63) is 23.8 Å². The Morgan fingerprint density at radius 3 is 2.64 bits per heavy atom. The van der Waals surface area contributed by atoms with Crippen LogP contribution in [-0.4, -0.2) is 41.4 Å². The zero-order valence-corrected chi connectivity index (χ0v) is 12.8. The smallest absolute Gasteiger partial charge is 0.387 e. The van der Waals surface area contributed by atoms with E-state index in [2.05, 4.69) is 9.64 Å². The van der Waals surface area contributed by atoms with Gasteiger partial charge in [-0.25, -0.2) is 0 Å². The highest BCUT2D eigenvalue weighted by Gasteiger charge is 2.45. The Morgan fingerprint density at radius 1 is 1.32 bits per heavy atom. The van der Waals surface area contributed by atoms with Crippen LogP contribution in [0.3, 0.4) is 0 Å². The molecule has 0 aliphatic carbocycles. The maximum atomic E-state index is 12.4. The van der Waals surface area contributed by atoms with Gasteiger partial charge in [-0.15, -0.1) is 0 Å². The van der Waals surface area contributed by atoms with Crippen molar-refractivity contribution in [1.29, 1.82) is 0 Å². The van der Waals surface area contributed by atoms with Crippen LogP contribution in [0.25, 0.3) is 0 Å². The van der Waals surface area contributed by atoms with Crippen molar-refractivity contribution in [1.82, 2.24) is 4.90 Å². The number of benzene rings is 1. The van der Waals surface area contributed by atoms with Crippen molar-refractivity contribution in [3.63, 3.8) is 0 Å². The van der Waals surface area contributed by atoms with E-state index in [9.17, 15) is 13.9 Å². The molecule has 4 nitrogen and oxygen atoms in total. The highest BCUT2D eigenvalue weighted by Crippen LogP contribution is 2.45. The molecule has 0 unspecified atom stereocenters. The van der Waals surface area contributed by atoms with Gasteiger partial charge in [-0.05, 0) is 58.0 Å². The molecule has 2 heterocycles. The zero-order chi connectivity index (χ0) is 15.9. The number of hydrogen-bond acceptors (Lipinski definition) is 4. The van der Waals surface area contributed by atoms with E-state index in [-0.39, 0.29) is 11.8 Å². The Hall–Kier alpha value is -1.40. The average Bonchev–Trinajstić information content (AvgIpc) is 2.93. The van der Waals surface area contributed by atoms with Crippen LogP contribution in [0.5, 0.6) is 11.5 Å². The van der Waals surface area contributed by atoms with Crippen LogP contribution in [0.15, 0.2) is 18.2 Å². The topological polar surface area (TPSA) is 41.9 Å². The van der Waals surface area contributed by atoms with Crippen molar-refractivity contribution in [3.8, 4) is 11.5 Å². The first-order chi connectivity index (χ1) is 10.4. The minimum Gasteiger partial charge on any atom is -0.485 e.